The van der Waals surface area contributed by atoms with Gasteiger partial charge in [0.05, 0.1) is 22.9 Å². The average Bonchev–Trinajstić information content (AvgIpc) is 3.07. The summed E-state index contributed by atoms with van der Waals surface area (Å²) in [6.07, 6.45) is -3.18. The van der Waals surface area contributed by atoms with Crippen molar-refractivity contribution in [3.8, 4) is 23.5 Å². The minimum absolute atomic E-state index is 0.0417. The van der Waals surface area contributed by atoms with Crippen molar-refractivity contribution >= 4 is 0 Å². The average molecular weight is 377 g/mol. The largest absolute Gasteiger partial charge is 0.494 e. The molecular formula is C19H18F3N3O2. The lowest BCUT2D eigenvalue weighted by molar-refractivity contribution is -0.137. The molecule has 1 aromatic carbocycles. The lowest BCUT2D eigenvalue weighted by Crippen LogP contribution is -2.37. The van der Waals surface area contributed by atoms with Crippen LogP contribution in [0.5, 0.6) is 11.8 Å². The first-order chi connectivity index (χ1) is 12.5. The van der Waals surface area contributed by atoms with Crippen molar-refractivity contribution in [2.45, 2.75) is 43.9 Å². The highest BCUT2D eigenvalue weighted by atomic mass is 19.4. The van der Waals surface area contributed by atoms with Crippen LogP contribution in [0.15, 0.2) is 18.2 Å². The van der Waals surface area contributed by atoms with E-state index >= 15 is 0 Å². The summed E-state index contributed by atoms with van der Waals surface area (Å²) in [6.45, 7) is 3.90. The second-order valence-electron chi connectivity index (χ2n) is 7.68. The van der Waals surface area contributed by atoms with E-state index in [-0.39, 0.29) is 17.4 Å². The Bertz CT molecular complexity index is 979. The molecule has 5 nitrogen and oxygen atoms in total. The van der Waals surface area contributed by atoms with Gasteiger partial charge in [-0.05, 0) is 51.9 Å². The number of fused-ring (bicyclic) bond motifs is 5. The Balaban J connectivity index is 1.98. The van der Waals surface area contributed by atoms with Crippen molar-refractivity contribution < 1.29 is 23.4 Å². The Kier molecular flexibility index (Phi) is 3.28. The van der Waals surface area contributed by atoms with Gasteiger partial charge in [0.15, 0.2) is 0 Å². The van der Waals surface area contributed by atoms with Crippen molar-refractivity contribution in [1.29, 1.82) is 5.26 Å². The molecule has 0 amide bonds. The lowest BCUT2D eigenvalue weighted by Gasteiger charge is -2.32. The van der Waals surface area contributed by atoms with Crippen LogP contribution < -0.4 is 0 Å². The number of alkyl halides is 3. The first-order valence-corrected chi connectivity index (χ1v) is 8.50. The molecule has 2 bridgehead atoms. The number of aromatic hydroxyl groups is 2. The minimum atomic E-state index is -4.72. The zero-order valence-electron chi connectivity index (χ0n) is 15.0. The fourth-order valence-corrected chi connectivity index (χ4v) is 4.77. The van der Waals surface area contributed by atoms with Gasteiger partial charge in [-0.25, -0.2) is 0 Å². The van der Waals surface area contributed by atoms with Gasteiger partial charge in [0, 0.05) is 22.2 Å². The number of benzene rings is 1. The van der Waals surface area contributed by atoms with Gasteiger partial charge in [-0.2, -0.15) is 18.4 Å². The Morgan fingerprint density at radius 2 is 1.59 bits per heavy atom. The summed E-state index contributed by atoms with van der Waals surface area (Å²) in [5, 5.41) is 30.7. The van der Waals surface area contributed by atoms with Crippen molar-refractivity contribution in [2.75, 3.05) is 7.05 Å². The third-order valence-corrected chi connectivity index (χ3v) is 6.46. The third kappa shape index (κ3) is 1.98. The third-order valence-electron chi connectivity index (χ3n) is 6.46. The Morgan fingerprint density at radius 1 is 1.07 bits per heavy atom. The summed E-state index contributed by atoms with van der Waals surface area (Å²) < 4.78 is 41.0. The molecule has 27 heavy (non-hydrogen) atoms. The van der Waals surface area contributed by atoms with Crippen molar-refractivity contribution in [2.24, 2.45) is 0 Å². The highest BCUT2D eigenvalue weighted by Gasteiger charge is 2.61. The maximum absolute atomic E-state index is 13.3. The Hall–Kier alpha value is -2.66. The van der Waals surface area contributed by atoms with Crippen molar-refractivity contribution in [3.63, 3.8) is 0 Å². The molecule has 1 saturated heterocycles. The fourth-order valence-electron chi connectivity index (χ4n) is 4.77. The maximum Gasteiger partial charge on any atom is 0.417 e. The number of halogens is 3. The molecule has 3 heterocycles. The second kappa shape index (κ2) is 4.98. The van der Waals surface area contributed by atoms with E-state index in [1.54, 1.807) is 0 Å². The van der Waals surface area contributed by atoms with Gasteiger partial charge in [-0.1, -0.05) is 0 Å². The van der Waals surface area contributed by atoms with E-state index in [2.05, 4.69) is 4.90 Å². The minimum Gasteiger partial charge on any atom is -0.494 e. The van der Waals surface area contributed by atoms with Crippen LogP contribution in [-0.2, 0) is 17.3 Å². The number of hydrogen-bond acceptors (Lipinski definition) is 4. The van der Waals surface area contributed by atoms with Gasteiger partial charge in [0.1, 0.15) is 0 Å². The van der Waals surface area contributed by atoms with Crippen LogP contribution in [0.2, 0.25) is 0 Å². The predicted molar refractivity (Wildman–Crippen MR) is 90.5 cm³/mol. The van der Waals surface area contributed by atoms with Crippen LogP contribution in [0.25, 0.3) is 5.69 Å². The molecule has 0 spiro atoms. The second-order valence-corrected chi connectivity index (χ2v) is 7.68. The van der Waals surface area contributed by atoms with Crippen LogP contribution in [0.3, 0.4) is 0 Å². The smallest absolute Gasteiger partial charge is 0.417 e. The van der Waals surface area contributed by atoms with Crippen molar-refractivity contribution in [1.82, 2.24) is 9.47 Å². The van der Waals surface area contributed by atoms with E-state index in [0.717, 1.165) is 29.5 Å². The molecule has 8 heteroatoms. The molecule has 0 saturated carbocycles. The zero-order chi connectivity index (χ0) is 19.9. The molecule has 2 aliphatic heterocycles. The first-order valence-electron chi connectivity index (χ1n) is 8.50. The highest BCUT2D eigenvalue weighted by molar-refractivity contribution is 5.63. The normalized spacial score (nSPS) is 27.0. The van der Waals surface area contributed by atoms with Crippen LogP contribution in [0.4, 0.5) is 13.2 Å². The Morgan fingerprint density at radius 3 is 2.04 bits per heavy atom. The molecular weight excluding hydrogens is 359 g/mol. The van der Waals surface area contributed by atoms with Crippen LogP contribution >= 0.6 is 0 Å². The molecule has 4 rings (SSSR count). The number of nitrogens with zero attached hydrogens (tertiary/aromatic N) is 3. The van der Waals surface area contributed by atoms with Gasteiger partial charge >= 0.3 is 6.18 Å². The number of nitriles is 1. The zero-order valence-corrected chi connectivity index (χ0v) is 15.0. The topological polar surface area (TPSA) is 72.4 Å². The van der Waals surface area contributed by atoms with E-state index in [1.807, 2.05) is 20.9 Å². The quantitative estimate of drug-likeness (QED) is 0.789. The van der Waals surface area contributed by atoms with Gasteiger partial charge in [0.2, 0.25) is 11.8 Å². The van der Waals surface area contributed by atoms with Crippen LogP contribution in [0.1, 0.15) is 48.9 Å². The molecule has 1 fully saturated rings. The van der Waals surface area contributed by atoms with Crippen LogP contribution in [-0.4, -0.2) is 26.7 Å². The van der Waals surface area contributed by atoms with Crippen molar-refractivity contribution in [3.05, 3.63) is 40.5 Å². The lowest BCUT2D eigenvalue weighted by atomic mass is 9.80. The number of aromatic nitrogens is 1. The van der Waals surface area contributed by atoms with E-state index in [4.69, 9.17) is 5.26 Å². The molecule has 2 N–H and O–H groups in total. The van der Waals surface area contributed by atoms with Gasteiger partial charge < -0.3 is 10.2 Å². The molecule has 1 aromatic heterocycles. The number of hydrogen-bond donors (Lipinski definition) is 2. The molecule has 2 unspecified atom stereocenters. The molecule has 0 aliphatic carbocycles. The van der Waals surface area contributed by atoms with Gasteiger partial charge in [0.25, 0.3) is 0 Å². The SMILES string of the molecule is CN1C2(C)CCC1(C)c1c2c(O)n(-c2ccc(C#N)c(C(F)(F)F)c2)c1O. The summed E-state index contributed by atoms with van der Waals surface area (Å²) in [5.41, 5.74) is -1.56. The first kappa shape index (κ1) is 17.7. The number of rotatable bonds is 1. The molecule has 142 valence electrons. The summed E-state index contributed by atoms with van der Waals surface area (Å²) >= 11 is 0. The maximum atomic E-state index is 13.3. The van der Waals surface area contributed by atoms with Gasteiger partial charge in [-0.15, -0.1) is 0 Å². The monoisotopic (exact) mass is 377 g/mol. The standard InChI is InChI=1S/C19H18F3N3O2/c1-17-6-7-18(2,24(17)3)14-13(17)15(26)25(16(14)27)11-5-4-10(9-23)12(8-11)19(20,21)22/h4-5,8,26-27H,6-7H2,1-3H3. The highest BCUT2D eigenvalue weighted by Crippen LogP contribution is 2.65. The van der Waals surface area contributed by atoms with E-state index in [1.165, 1.54) is 12.1 Å². The van der Waals surface area contributed by atoms with Gasteiger partial charge in [-0.3, -0.25) is 9.47 Å². The molecule has 0 radical (unpaired) electrons. The van der Waals surface area contributed by atoms with Crippen LogP contribution in [0, 0.1) is 11.3 Å². The fraction of sp³-hybridized carbons (Fsp3) is 0.421. The summed E-state index contributed by atoms with van der Waals surface area (Å²) in [4.78, 5) is 2.09. The Labute approximate surface area is 153 Å². The molecule has 2 aliphatic rings. The predicted octanol–water partition coefficient (Wildman–Crippen LogP) is 3.95. The summed E-state index contributed by atoms with van der Waals surface area (Å²) in [7, 11) is 1.92. The summed E-state index contributed by atoms with van der Waals surface area (Å²) in [6, 6.07) is 4.65. The van der Waals surface area contributed by atoms with E-state index < -0.39 is 28.4 Å². The summed E-state index contributed by atoms with van der Waals surface area (Å²) in [5.74, 6) is -0.531. The molecule has 2 aromatic rings. The van der Waals surface area contributed by atoms with E-state index in [9.17, 15) is 23.4 Å². The molecule has 2 atom stereocenters. The van der Waals surface area contributed by atoms with E-state index in [0.29, 0.717) is 11.1 Å².